The second-order valence-corrected chi connectivity index (χ2v) is 5.60. The molecule has 0 saturated carbocycles. The molecule has 0 atom stereocenters. The summed E-state index contributed by atoms with van der Waals surface area (Å²) in [4.78, 5) is 27.6. The summed E-state index contributed by atoms with van der Waals surface area (Å²) < 4.78 is 6.53. The third-order valence-corrected chi connectivity index (χ3v) is 3.74. The number of amides is 1. The van der Waals surface area contributed by atoms with Crippen molar-refractivity contribution in [2.75, 3.05) is 13.6 Å². The van der Waals surface area contributed by atoms with Gasteiger partial charge in [-0.15, -0.1) is 0 Å². The van der Waals surface area contributed by atoms with E-state index in [1.807, 2.05) is 24.3 Å². The molecule has 7 heteroatoms. The number of hydrogen-bond acceptors (Lipinski definition) is 4. The number of hydrogen-bond donors (Lipinski definition) is 1. The zero-order valence-corrected chi connectivity index (χ0v) is 13.5. The molecule has 1 aromatic heterocycles. The number of carbonyl (C=O) groups is 2. The van der Waals surface area contributed by atoms with E-state index in [9.17, 15) is 9.59 Å². The average molecular weight is 367 g/mol. The van der Waals surface area contributed by atoms with Gasteiger partial charge in [-0.2, -0.15) is 0 Å². The third kappa shape index (κ3) is 4.17. The summed E-state index contributed by atoms with van der Waals surface area (Å²) in [6, 6.07) is 7.61. The summed E-state index contributed by atoms with van der Waals surface area (Å²) in [6.45, 7) is -0.313. The number of rotatable bonds is 6. The number of aromatic nitrogens is 1. The monoisotopic (exact) mass is 366 g/mol. The van der Waals surface area contributed by atoms with Crippen LogP contribution in [0.15, 0.2) is 39.4 Å². The summed E-state index contributed by atoms with van der Waals surface area (Å²) in [5, 5.41) is 8.64. The predicted octanol–water partition coefficient (Wildman–Crippen LogP) is 2.58. The molecule has 0 aliphatic rings. The Morgan fingerprint density at radius 2 is 2.09 bits per heavy atom. The third-order valence-electron chi connectivity index (χ3n) is 3.04. The van der Waals surface area contributed by atoms with Gasteiger partial charge in [0.15, 0.2) is 11.7 Å². The Bertz CT molecular complexity index is 684. The van der Waals surface area contributed by atoms with Crippen LogP contribution >= 0.6 is 15.9 Å². The molecule has 0 radical (unpaired) electrons. The summed E-state index contributed by atoms with van der Waals surface area (Å²) in [6.07, 6.45) is 2.09. The minimum Gasteiger partial charge on any atom is -0.480 e. The Labute approximate surface area is 135 Å². The number of oxazole rings is 1. The zero-order chi connectivity index (χ0) is 16.1. The van der Waals surface area contributed by atoms with Crippen molar-refractivity contribution >= 4 is 27.8 Å². The average Bonchev–Trinajstić information content (AvgIpc) is 2.93. The molecule has 1 heterocycles. The summed E-state index contributed by atoms with van der Waals surface area (Å²) in [7, 11) is 1.46. The Kier molecular flexibility index (Phi) is 5.32. The van der Waals surface area contributed by atoms with E-state index in [1.54, 1.807) is 6.20 Å². The molecule has 116 valence electrons. The molecule has 0 bridgehead atoms. The Morgan fingerprint density at radius 1 is 1.36 bits per heavy atom. The van der Waals surface area contributed by atoms with Gasteiger partial charge in [-0.05, 0) is 6.07 Å². The van der Waals surface area contributed by atoms with Crippen LogP contribution in [0.4, 0.5) is 0 Å². The summed E-state index contributed by atoms with van der Waals surface area (Å²) >= 11 is 3.44. The number of likely N-dealkylation sites (N-methyl/N-ethyl adjacent to an activating group) is 1. The van der Waals surface area contributed by atoms with Gasteiger partial charge in [-0.3, -0.25) is 9.59 Å². The predicted molar refractivity (Wildman–Crippen MR) is 83.2 cm³/mol. The van der Waals surface area contributed by atoms with Gasteiger partial charge >= 0.3 is 5.97 Å². The zero-order valence-electron chi connectivity index (χ0n) is 12.0. The Morgan fingerprint density at radius 3 is 2.77 bits per heavy atom. The fourth-order valence-electron chi connectivity index (χ4n) is 1.91. The van der Waals surface area contributed by atoms with Crippen LogP contribution in [-0.4, -0.2) is 40.5 Å². The van der Waals surface area contributed by atoms with Crippen LogP contribution in [0.2, 0.25) is 0 Å². The molecular formula is C15H15BrN2O4. The highest BCUT2D eigenvalue weighted by molar-refractivity contribution is 9.10. The molecule has 6 nitrogen and oxygen atoms in total. The first-order valence-corrected chi connectivity index (χ1v) is 7.42. The topological polar surface area (TPSA) is 83.6 Å². The normalized spacial score (nSPS) is 10.5. The molecule has 22 heavy (non-hydrogen) atoms. The van der Waals surface area contributed by atoms with Gasteiger partial charge in [0, 0.05) is 29.9 Å². The second kappa shape index (κ2) is 7.22. The van der Waals surface area contributed by atoms with E-state index < -0.39 is 5.97 Å². The largest absolute Gasteiger partial charge is 0.480 e. The molecule has 0 aliphatic carbocycles. The van der Waals surface area contributed by atoms with Crippen molar-refractivity contribution in [1.29, 1.82) is 0 Å². The van der Waals surface area contributed by atoms with Crippen LogP contribution in [-0.2, 0) is 16.0 Å². The molecule has 0 aliphatic heterocycles. The number of carbonyl (C=O) groups excluding carboxylic acids is 1. The number of nitrogens with zero attached hydrogens (tertiary/aromatic N) is 2. The van der Waals surface area contributed by atoms with Crippen LogP contribution in [0, 0.1) is 0 Å². The minimum absolute atomic E-state index is 0.152. The van der Waals surface area contributed by atoms with E-state index in [4.69, 9.17) is 9.52 Å². The van der Waals surface area contributed by atoms with E-state index in [2.05, 4.69) is 20.9 Å². The van der Waals surface area contributed by atoms with E-state index in [0.29, 0.717) is 18.1 Å². The molecule has 2 aromatic rings. The molecule has 0 fully saturated rings. The molecular weight excluding hydrogens is 352 g/mol. The van der Waals surface area contributed by atoms with E-state index in [0.717, 1.165) is 10.0 Å². The number of carboxylic acids is 1. The molecule has 1 amide bonds. The lowest BCUT2D eigenvalue weighted by Gasteiger charge is -2.13. The highest BCUT2D eigenvalue weighted by Gasteiger charge is 2.14. The van der Waals surface area contributed by atoms with Crippen molar-refractivity contribution in [1.82, 2.24) is 9.88 Å². The molecule has 1 N–H and O–H groups in total. The lowest BCUT2D eigenvalue weighted by atomic mass is 10.2. The van der Waals surface area contributed by atoms with Crippen molar-refractivity contribution in [2.24, 2.45) is 0 Å². The van der Waals surface area contributed by atoms with Gasteiger partial charge in [-0.1, -0.05) is 34.1 Å². The van der Waals surface area contributed by atoms with Crippen molar-refractivity contribution < 1.29 is 19.1 Å². The SMILES string of the molecule is CN(CC(=O)O)C(=O)CCc1ncc(-c2ccccc2Br)o1. The van der Waals surface area contributed by atoms with Gasteiger partial charge in [0.1, 0.15) is 6.54 Å². The fraction of sp³-hybridized carbons (Fsp3) is 0.267. The quantitative estimate of drug-likeness (QED) is 0.849. The smallest absolute Gasteiger partial charge is 0.323 e. The Hall–Kier alpha value is -2.15. The summed E-state index contributed by atoms with van der Waals surface area (Å²) in [5.41, 5.74) is 0.885. The van der Waals surface area contributed by atoms with Crippen LogP contribution in [0.1, 0.15) is 12.3 Å². The molecule has 0 spiro atoms. The highest BCUT2D eigenvalue weighted by atomic mass is 79.9. The lowest BCUT2D eigenvalue weighted by molar-refractivity contribution is -0.143. The maximum absolute atomic E-state index is 11.8. The van der Waals surface area contributed by atoms with Gasteiger partial charge in [-0.25, -0.2) is 4.98 Å². The first-order chi connectivity index (χ1) is 10.5. The number of aryl methyl sites for hydroxylation is 1. The van der Waals surface area contributed by atoms with Gasteiger partial charge < -0.3 is 14.4 Å². The van der Waals surface area contributed by atoms with Gasteiger partial charge in [0.25, 0.3) is 0 Å². The fourth-order valence-corrected chi connectivity index (χ4v) is 2.39. The van der Waals surface area contributed by atoms with E-state index >= 15 is 0 Å². The molecule has 0 unspecified atom stereocenters. The standard InChI is InChI=1S/C15H15BrN2O4/c1-18(9-15(20)21)14(19)7-6-13-17-8-12(22-13)10-4-2-3-5-11(10)16/h2-5,8H,6-7,9H2,1H3,(H,20,21). The molecule has 0 saturated heterocycles. The summed E-state index contributed by atoms with van der Waals surface area (Å²) in [5.74, 6) is -0.233. The van der Waals surface area contributed by atoms with Crippen molar-refractivity contribution in [3.05, 3.63) is 40.8 Å². The molecule has 2 rings (SSSR count). The van der Waals surface area contributed by atoms with Crippen LogP contribution in [0.5, 0.6) is 0 Å². The first-order valence-electron chi connectivity index (χ1n) is 6.62. The second-order valence-electron chi connectivity index (χ2n) is 4.74. The van der Waals surface area contributed by atoms with E-state index in [-0.39, 0.29) is 18.9 Å². The van der Waals surface area contributed by atoms with Gasteiger partial charge in [0.2, 0.25) is 5.91 Å². The lowest BCUT2D eigenvalue weighted by Crippen LogP contribution is -2.32. The number of halogens is 1. The number of benzene rings is 1. The van der Waals surface area contributed by atoms with Crippen molar-refractivity contribution in [2.45, 2.75) is 12.8 Å². The van der Waals surface area contributed by atoms with Crippen molar-refractivity contribution in [3.8, 4) is 11.3 Å². The Balaban J connectivity index is 1.97. The highest BCUT2D eigenvalue weighted by Crippen LogP contribution is 2.28. The van der Waals surface area contributed by atoms with Crippen LogP contribution < -0.4 is 0 Å². The number of aliphatic carboxylic acids is 1. The van der Waals surface area contributed by atoms with Crippen molar-refractivity contribution in [3.63, 3.8) is 0 Å². The van der Waals surface area contributed by atoms with E-state index in [1.165, 1.54) is 11.9 Å². The number of carboxylic acid groups (broad SMARTS) is 1. The molecule has 1 aromatic carbocycles. The minimum atomic E-state index is -1.04. The maximum Gasteiger partial charge on any atom is 0.323 e. The maximum atomic E-state index is 11.8. The van der Waals surface area contributed by atoms with Crippen LogP contribution in [0.25, 0.3) is 11.3 Å². The van der Waals surface area contributed by atoms with Crippen LogP contribution in [0.3, 0.4) is 0 Å². The van der Waals surface area contributed by atoms with Gasteiger partial charge in [0.05, 0.1) is 6.20 Å². The first kappa shape index (κ1) is 16.2.